The SMILES string of the molecule is CCOc1cc2oc(-c3ccc(F)cc3)c(C(=O)NC)c2cc1-c1cccc(C=O)c1.CF.CO. The summed E-state index contributed by atoms with van der Waals surface area (Å²) < 4.78 is 34.8. The highest BCUT2D eigenvalue weighted by atomic mass is 19.1. The lowest BCUT2D eigenvalue weighted by Gasteiger charge is -2.11. The van der Waals surface area contributed by atoms with Gasteiger partial charge >= 0.3 is 0 Å². The molecule has 35 heavy (non-hydrogen) atoms. The van der Waals surface area contributed by atoms with Gasteiger partial charge < -0.3 is 19.6 Å². The van der Waals surface area contributed by atoms with Crippen LogP contribution in [0.5, 0.6) is 5.75 Å². The summed E-state index contributed by atoms with van der Waals surface area (Å²) in [5.74, 6) is 0.212. The Morgan fingerprint density at radius 1 is 1.06 bits per heavy atom. The molecule has 6 nitrogen and oxygen atoms in total. The second-order valence-electron chi connectivity index (χ2n) is 6.91. The first-order chi connectivity index (χ1) is 17.0. The Balaban J connectivity index is 0.00000103. The number of carbonyl (C=O) groups excluding carboxylic acids is 2. The second-order valence-corrected chi connectivity index (χ2v) is 6.91. The highest BCUT2D eigenvalue weighted by Crippen LogP contribution is 2.40. The number of alkyl halides is 1. The molecule has 0 bridgehead atoms. The third-order valence-corrected chi connectivity index (χ3v) is 4.98. The summed E-state index contributed by atoms with van der Waals surface area (Å²) in [5.41, 5.74) is 3.44. The molecule has 0 saturated carbocycles. The molecule has 0 atom stereocenters. The van der Waals surface area contributed by atoms with E-state index in [1.165, 1.54) is 12.1 Å². The average molecular weight is 484 g/mol. The van der Waals surface area contributed by atoms with Crippen molar-refractivity contribution in [1.82, 2.24) is 5.32 Å². The maximum Gasteiger partial charge on any atom is 0.255 e. The fourth-order valence-electron chi connectivity index (χ4n) is 3.56. The van der Waals surface area contributed by atoms with Crippen molar-refractivity contribution in [3.63, 3.8) is 0 Å². The number of halogens is 2. The zero-order chi connectivity index (χ0) is 26.0. The van der Waals surface area contributed by atoms with Crippen LogP contribution in [0.4, 0.5) is 8.78 Å². The van der Waals surface area contributed by atoms with Crippen LogP contribution >= 0.6 is 0 Å². The first-order valence-corrected chi connectivity index (χ1v) is 10.6. The number of hydrogen-bond donors (Lipinski definition) is 2. The number of hydrogen-bond acceptors (Lipinski definition) is 5. The van der Waals surface area contributed by atoms with Gasteiger partial charge in [-0.25, -0.2) is 4.39 Å². The highest BCUT2D eigenvalue weighted by Gasteiger charge is 2.24. The molecular weight excluding hydrogens is 456 g/mol. The molecule has 1 heterocycles. The smallest absolute Gasteiger partial charge is 0.255 e. The van der Waals surface area contributed by atoms with Crippen molar-refractivity contribution in [2.75, 3.05) is 27.9 Å². The highest BCUT2D eigenvalue weighted by molar-refractivity contribution is 6.12. The van der Waals surface area contributed by atoms with E-state index >= 15 is 0 Å². The van der Waals surface area contributed by atoms with Gasteiger partial charge in [0, 0.05) is 42.3 Å². The third-order valence-electron chi connectivity index (χ3n) is 4.98. The molecule has 0 unspecified atom stereocenters. The molecule has 4 aromatic rings. The summed E-state index contributed by atoms with van der Waals surface area (Å²) in [6.45, 7) is 2.30. The lowest BCUT2D eigenvalue weighted by molar-refractivity contribution is 0.0964. The van der Waals surface area contributed by atoms with Gasteiger partial charge in [0.15, 0.2) is 0 Å². The quantitative estimate of drug-likeness (QED) is 0.345. The van der Waals surface area contributed by atoms with E-state index in [2.05, 4.69) is 5.32 Å². The lowest BCUT2D eigenvalue weighted by Crippen LogP contribution is -2.18. The number of fused-ring (bicyclic) bond motifs is 1. The van der Waals surface area contributed by atoms with Crippen LogP contribution in [0, 0.1) is 5.82 Å². The number of benzene rings is 3. The molecule has 184 valence electrons. The van der Waals surface area contributed by atoms with Crippen LogP contribution in [0.2, 0.25) is 0 Å². The van der Waals surface area contributed by atoms with Crippen molar-refractivity contribution in [2.45, 2.75) is 6.92 Å². The van der Waals surface area contributed by atoms with Crippen LogP contribution in [0.1, 0.15) is 27.6 Å². The molecule has 1 amide bonds. The predicted molar refractivity (Wildman–Crippen MR) is 132 cm³/mol. The molecule has 0 spiro atoms. The van der Waals surface area contributed by atoms with E-state index in [0.29, 0.717) is 53.0 Å². The van der Waals surface area contributed by atoms with E-state index in [1.54, 1.807) is 43.4 Å². The van der Waals surface area contributed by atoms with Gasteiger partial charge in [-0.2, -0.15) is 0 Å². The maximum absolute atomic E-state index is 13.4. The van der Waals surface area contributed by atoms with Crippen molar-refractivity contribution in [2.24, 2.45) is 0 Å². The molecule has 1 aromatic heterocycles. The number of aliphatic hydroxyl groups is 1. The van der Waals surface area contributed by atoms with Gasteiger partial charge in [0.2, 0.25) is 0 Å². The maximum atomic E-state index is 13.4. The van der Waals surface area contributed by atoms with Crippen LogP contribution in [-0.4, -0.2) is 45.2 Å². The van der Waals surface area contributed by atoms with Gasteiger partial charge in [-0.15, -0.1) is 0 Å². The summed E-state index contributed by atoms with van der Waals surface area (Å²) in [7, 11) is 3.04. The summed E-state index contributed by atoms with van der Waals surface area (Å²) in [5, 5.41) is 10.2. The topological polar surface area (TPSA) is 88.8 Å². The van der Waals surface area contributed by atoms with Crippen molar-refractivity contribution in [3.8, 4) is 28.2 Å². The summed E-state index contributed by atoms with van der Waals surface area (Å²) in [6, 6.07) is 16.5. The van der Waals surface area contributed by atoms with Crippen LogP contribution in [0.25, 0.3) is 33.4 Å². The Morgan fingerprint density at radius 2 is 1.74 bits per heavy atom. The standard InChI is InChI=1S/C25H20FNO4.CH3F.CH4O/c1-3-30-21-13-22-20(12-19(21)17-6-4-5-15(11-17)14-28)23(25(29)27-2)24(31-22)16-7-9-18(26)10-8-16;2*1-2/h4-14H,3H2,1-2H3,(H,27,29);1H3;2H,1H3. The monoisotopic (exact) mass is 483 g/mol. The average Bonchev–Trinajstić information content (AvgIpc) is 3.29. The minimum Gasteiger partial charge on any atom is -0.493 e. The molecule has 0 aliphatic carbocycles. The fourth-order valence-corrected chi connectivity index (χ4v) is 3.56. The molecule has 0 saturated heterocycles. The molecule has 4 rings (SSSR count). The number of nitrogens with one attached hydrogen (secondary N) is 1. The van der Waals surface area contributed by atoms with E-state index in [9.17, 15) is 18.4 Å². The van der Waals surface area contributed by atoms with E-state index in [0.717, 1.165) is 24.5 Å². The van der Waals surface area contributed by atoms with Gasteiger partial charge in [-0.3, -0.25) is 14.0 Å². The van der Waals surface area contributed by atoms with Crippen LogP contribution in [0.15, 0.2) is 65.1 Å². The Morgan fingerprint density at radius 3 is 2.34 bits per heavy atom. The summed E-state index contributed by atoms with van der Waals surface area (Å²) in [4.78, 5) is 24.0. The van der Waals surface area contributed by atoms with Crippen molar-refractivity contribution >= 4 is 23.2 Å². The molecule has 0 fully saturated rings. The Labute approximate surface area is 202 Å². The van der Waals surface area contributed by atoms with Crippen molar-refractivity contribution in [3.05, 3.63) is 77.6 Å². The first-order valence-electron chi connectivity index (χ1n) is 10.6. The Kier molecular flexibility index (Phi) is 10.1. The van der Waals surface area contributed by atoms with Gasteiger partial charge in [-0.05, 0) is 48.9 Å². The lowest BCUT2D eigenvalue weighted by atomic mass is 9.98. The number of rotatable bonds is 6. The number of amides is 1. The van der Waals surface area contributed by atoms with Gasteiger partial charge in [0.25, 0.3) is 5.91 Å². The summed E-state index contributed by atoms with van der Waals surface area (Å²) >= 11 is 0. The number of furan rings is 1. The first kappa shape index (κ1) is 27.2. The van der Waals surface area contributed by atoms with E-state index in [1.807, 2.05) is 19.1 Å². The summed E-state index contributed by atoms with van der Waals surface area (Å²) in [6.07, 6.45) is 0.781. The number of carbonyl (C=O) groups is 2. The van der Waals surface area contributed by atoms with E-state index < -0.39 is 0 Å². The Bertz CT molecular complexity index is 1280. The zero-order valence-corrected chi connectivity index (χ0v) is 19.9. The number of aliphatic hydroxyl groups excluding tert-OH is 1. The number of aldehydes is 1. The van der Waals surface area contributed by atoms with E-state index in [4.69, 9.17) is 14.3 Å². The second kappa shape index (κ2) is 13.0. The van der Waals surface area contributed by atoms with Crippen molar-refractivity contribution in [1.29, 1.82) is 0 Å². The predicted octanol–water partition coefficient (Wildman–Crippen LogP) is 5.67. The van der Waals surface area contributed by atoms with E-state index in [-0.39, 0.29) is 11.7 Å². The Hall–Kier alpha value is -4.04. The van der Waals surface area contributed by atoms with Crippen LogP contribution in [-0.2, 0) is 0 Å². The molecule has 2 N–H and O–H groups in total. The number of ether oxygens (including phenoxy) is 1. The largest absolute Gasteiger partial charge is 0.493 e. The molecule has 0 aliphatic rings. The molecule has 0 aliphatic heterocycles. The zero-order valence-electron chi connectivity index (χ0n) is 19.9. The molecule has 0 radical (unpaired) electrons. The third kappa shape index (κ3) is 5.91. The van der Waals surface area contributed by atoms with Crippen LogP contribution in [0.3, 0.4) is 0 Å². The molecule has 3 aromatic carbocycles. The minimum absolute atomic E-state index is 0.324. The van der Waals surface area contributed by atoms with Gasteiger partial charge in [-0.1, -0.05) is 18.2 Å². The minimum atomic E-state index is -0.377. The normalized spacial score (nSPS) is 9.91. The molecule has 8 heteroatoms. The van der Waals surface area contributed by atoms with Crippen molar-refractivity contribution < 1.29 is 32.6 Å². The van der Waals surface area contributed by atoms with Crippen LogP contribution < -0.4 is 10.1 Å². The van der Waals surface area contributed by atoms with Gasteiger partial charge in [0.05, 0.1) is 19.3 Å². The van der Waals surface area contributed by atoms with Gasteiger partial charge in [0.1, 0.15) is 29.2 Å². The fraction of sp³-hybridized carbons (Fsp3) is 0.185. The molecular formula is C27H27F2NO5.